The molecule has 1 aromatic heterocycles. The number of rotatable bonds is 7. The Morgan fingerprint density at radius 3 is 2.68 bits per heavy atom. The van der Waals surface area contributed by atoms with Gasteiger partial charge in [-0.15, -0.1) is 0 Å². The summed E-state index contributed by atoms with van der Waals surface area (Å²) in [5.41, 5.74) is 0.911. The molecule has 0 aliphatic carbocycles. The molecule has 1 aliphatic heterocycles. The van der Waals surface area contributed by atoms with Crippen LogP contribution in [0, 0.1) is 0 Å². The lowest BCUT2D eigenvalue weighted by Gasteiger charge is -2.12. The molecule has 0 unspecified atom stereocenters. The van der Waals surface area contributed by atoms with Gasteiger partial charge in [-0.1, -0.05) is 24.0 Å². The number of ether oxygens (including phenoxy) is 2. The molecule has 3 rings (SSSR count). The van der Waals surface area contributed by atoms with Crippen LogP contribution in [0.1, 0.15) is 19.1 Å². The normalized spacial score (nSPS) is 15.4. The van der Waals surface area contributed by atoms with E-state index in [9.17, 15) is 9.59 Å². The molecular weight excluding hydrogens is 398 g/mol. The number of methoxy groups -OCH3 is 1. The van der Waals surface area contributed by atoms with E-state index in [4.69, 9.17) is 21.4 Å². The third-order valence-electron chi connectivity index (χ3n) is 3.99. The van der Waals surface area contributed by atoms with Crippen LogP contribution in [0.25, 0.3) is 17.4 Å². The van der Waals surface area contributed by atoms with E-state index in [0.717, 1.165) is 11.3 Å². The van der Waals surface area contributed by atoms with Gasteiger partial charge >= 0.3 is 5.97 Å². The highest BCUT2D eigenvalue weighted by atomic mass is 32.2. The van der Waals surface area contributed by atoms with Crippen molar-refractivity contribution in [3.8, 4) is 17.1 Å². The lowest BCUT2D eigenvalue weighted by Crippen LogP contribution is -2.30. The van der Waals surface area contributed by atoms with E-state index in [0.29, 0.717) is 27.4 Å². The van der Waals surface area contributed by atoms with Gasteiger partial charge in [0.2, 0.25) is 0 Å². The van der Waals surface area contributed by atoms with Crippen LogP contribution in [0.3, 0.4) is 0 Å². The second kappa shape index (κ2) is 9.07. The largest absolute Gasteiger partial charge is 0.494 e. The second-order valence-corrected chi connectivity index (χ2v) is 7.49. The second-order valence-electron chi connectivity index (χ2n) is 5.82. The molecule has 1 fully saturated rings. The summed E-state index contributed by atoms with van der Waals surface area (Å²) in [5.74, 6) is 1.42. The molecule has 8 heteroatoms. The van der Waals surface area contributed by atoms with Gasteiger partial charge in [-0.2, -0.15) is 0 Å². The molecule has 0 saturated carbocycles. The Balaban J connectivity index is 1.71. The van der Waals surface area contributed by atoms with E-state index in [1.165, 1.54) is 23.8 Å². The summed E-state index contributed by atoms with van der Waals surface area (Å²) in [4.78, 5) is 25.7. The number of hydrogen-bond donors (Lipinski definition) is 0. The van der Waals surface area contributed by atoms with Crippen molar-refractivity contribution in [2.75, 3.05) is 20.3 Å². The molecule has 2 heterocycles. The van der Waals surface area contributed by atoms with E-state index in [-0.39, 0.29) is 24.8 Å². The first-order valence-electron chi connectivity index (χ1n) is 8.67. The SMILES string of the molecule is CCOc1ccc(-c2ccc(/C=C3/SC(=S)N(CCC(=O)OC)C3=O)o2)cc1. The number of thiocarbonyl (C=S) groups is 1. The number of nitrogens with zero attached hydrogens (tertiary/aromatic N) is 1. The van der Waals surface area contributed by atoms with Crippen molar-refractivity contribution >= 4 is 46.3 Å². The fourth-order valence-corrected chi connectivity index (χ4v) is 3.88. The van der Waals surface area contributed by atoms with Crippen molar-refractivity contribution in [3.63, 3.8) is 0 Å². The highest BCUT2D eigenvalue weighted by Crippen LogP contribution is 2.34. The maximum absolute atomic E-state index is 12.5. The minimum absolute atomic E-state index is 0.0961. The fraction of sp³-hybridized carbons (Fsp3) is 0.250. The molecule has 0 bridgehead atoms. The van der Waals surface area contributed by atoms with E-state index < -0.39 is 0 Å². The summed E-state index contributed by atoms with van der Waals surface area (Å²) in [7, 11) is 1.31. The van der Waals surface area contributed by atoms with Crippen molar-refractivity contribution in [2.24, 2.45) is 0 Å². The quantitative estimate of drug-likeness (QED) is 0.381. The molecule has 6 nitrogen and oxygen atoms in total. The number of amides is 1. The number of carbonyl (C=O) groups is 2. The Kier molecular flexibility index (Phi) is 6.53. The number of benzene rings is 1. The van der Waals surface area contributed by atoms with Gasteiger partial charge in [-0.3, -0.25) is 14.5 Å². The third-order valence-corrected chi connectivity index (χ3v) is 5.37. The predicted molar refractivity (Wildman–Crippen MR) is 112 cm³/mol. The van der Waals surface area contributed by atoms with Gasteiger partial charge in [0, 0.05) is 18.2 Å². The molecule has 1 aromatic carbocycles. The highest BCUT2D eigenvalue weighted by molar-refractivity contribution is 8.26. The Morgan fingerprint density at radius 1 is 1.25 bits per heavy atom. The van der Waals surface area contributed by atoms with Crippen LogP contribution in [0.5, 0.6) is 5.75 Å². The molecule has 28 heavy (non-hydrogen) atoms. The maximum Gasteiger partial charge on any atom is 0.307 e. The predicted octanol–water partition coefficient (Wildman–Crippen LogP) is 4.11. The first kappa shape index (κ1) is 20.2. The number of furan rings is 1. The van der Waals surface area contributed by atoms with E-state index in [1.807, 2.05) is 37.3 Å². The average Bonchev–Trinajstić information content (AvgIpc) is 3.26. The Morgan fingerprint density at radius 2 is 2.00 bits per heavy atom. The zero-order valence-corrected chi connectivity index (χ0v) is 17.1. The molecular formula is C20H19NO5S2. The number of carbonyl (C=O) groups excluding carboxylic acids is 2. The van der Waals surface area contributed by atoms with Gasteiger partial charge in [0.1, 0.15) is 21.6 Å². The van der Waals surface area contributed by atoms with Crippen LogP contribution in [0.4, 0.5) is 0 Å². The highest BCUT2D eigenvalue weighted by Gasteiger charge is 2.32. The number of thioether (sulfide) groups is 1. The zero-order chi connectivity index (χ0) is 20.1. The fourth-order valence-electron chi connectivity index (χ4n) is 2.59. The van der Waals surface area contributed by atoms with Gasteiger partial charge in [0.25, 0.3) is 5.91 Å². The van der Waals surface area contributed by atoms with Crippen LogP contribution in [0.2, 0.25) is 0 Å². The van der Waals surface area contributed by atoms with Crippen LogP contribution < -0.4 is 4.74 Å². The molecule has 1 saturated heterocycles. The first-order chi connectivity index (χ1) is 13.5. The van der Waals surface area contributed by atoms with Crippen LogP contribution in [-0.4, -0.2) is 41.4 Å². The van der Waals surface area contributed by atoms with Gasteiger partial charge < -0.3 is 13.9 Å². The molecule has 1 amide bonds. The van der Waals surface area contributed by atoms with Crippen molar-refractivity contribution < 1.29 is 23.5 Å². The molecule has 2 aromatic rings. The van der Waals surface area contributed by atoms with Crippen LogP contribution in [0.15, 0.2) is 45.7 Å². The zero-order valence-electron chi connectivity index (χ0n) is 15.5. The summed E-state index contributed by atoms with van der Waals surface area (Å²) in [6, 6.07) is 11.2. The minimum atomic E-state index is -0.385. The molecule has 0 atom stereocenters. The van der Waals surface area contributed by atoms with Crippen molar-refractivity contribution in [1.82, 2.24) is 4.90 Å². The van der Waals surface area contributed by atoms with Crippen molar-refractivity contribution in [2.45, 2.75) is 13.3 Å². The average molecular weight is 418 g/mol. The molecule has 0 N–H and O–H groups in total. The van der Waals surface area contributed by atoms with Crippen molar-refractivity contribution in [1.29, 1.82) is 0 Å². The Bertz CT molecular complexity index is 917. The number of esters is 1. The minimum Gasteiger partial charge on any atom is -0.494 e. The summed E-state index contributed by atoms with van der Waals surface area (Å²) < 4.78 is 16.3. The maximum atomic E-state index is 12.5. The lowest BCUT2D eigenvalue weighted by molar-refractivity contribution is -0.140. The topological polar surface area (TPSA) is 69.0 Å². The monoisotopic (exact) mass is 417 g/mol. The van der Waals surface area contributed by atoms with Gasteiger partial charge in [-0.25, -0.2) is 0 Å². The molecule has 0 spiro atoms. The van der Waals surface area contributed by atoms with Crippen LogP contribution >= 0.6 is 24.0 Å². The summed E-state index contributed by atoms with van der Waals surface area (Å²) in [6.45, 7) is 2.75. The van der Waals surface area contributed by atoms with Crippen molar-refractivity contribution in [3.05, 3.63) is 47.1 Å². The summed E-state index contributed by atoms with van der Waals surface area (Å²) in [6.07, 6.45) is 1.76. The number of hydrogen-bond acceptors (Lipinski definition) is 7. The van der Waals surface area contributed by atoms with Gasteiger partial charge in [0.15, 0.2) is 0 Å². The van der Waals surface area contributed by atoms with E-state index in [1.54, 1.807) is 12.1 Å². The first-order valence-corrected chi connectivity index (χ1v) is 9.89. The van der Waals surface area contributed by atoms with E-state index in [2.05, 4.69) is 4.74 Å². The Hall–Kier alpha value is -2.58. The smallest absolute Gasteiger partial charge is 0.307 e. The summed E-state index contributed by atoms with van der Waals surface area (Å²) >= 11 is 6.44. The molecule has 0 radical (unpaired) electrons. The molecule has 146 valence electrons. The van der Waals surface area contributed by atoms with E-state index >= 15 is 0 Å². The van der Waals surface area contributed by atoms with Gasteiger partial charge in [0.05, 0.1) is 25.0 Å². The molecule has 1 aliphatic rings. The lowest BCUT2D eigenvalue weighted by atomic mass is 10.2. The van der Waals surface area contributed by atoms with Crippen LogP contribution in [-0.2, 0) is 14.3 Å². The van der Waals surface area contributed by atoms with Gasteiger partial charge in [-0.05, 0) is 43.3 Å². The third kappa shape index (κ3) is 4.63. The standard InChI is InChI=1S/C20H19NO5S2/c1-3-25-14-6-4-13(5-7-14)16-9-8-15(26-16)12-17-19(23)21(20(27)28-17)11-10-18(22)24-2/h4-9,12H,3,10-11H2,1-2H3/b17-12+. The Labute approximate surface area is 172 Å². The summed E-state index contributed by atoms with van der Waals surface area (Å²) in [5, 5.41) is 0.